The lowest BCUT2D eigenvalue weighted by molar-refractivity contribution is 0.234. The van der Waals surface area contributed by atoms with E-state index in [0.717, 1.165) is 32.6 Å². The second kappa shape index (κ2) is 7.82. The normalized spacial score (nSPS) is 11.6. The van der Waals surface area contributed by atoms with E-state index in [1.54, 1.807) is 0 Å². The molecule has 0 saturated heterocycles. The maximum absolute atomic E-state index is 3.51. The third-order valence-electron chi connectivity index (χ3n) is 2.84. The monoisotopic (exact) mass is 240 g/mol. The Morgan fingerprint density at radius 1 is 1.38 bits per heavy atom. The molecule has 1 heterocycles. The number of nitrogens with one attached hydrogen (secondary N) is 1. The van der Waals surface area contributed by atoms with E-state index in [1.165, 1.54) is 4.88 Å². The highest BCUT2D eigenvalue weighted by molar-refractivity contribution is 7.09. The van der Waals surface area contributed by atoms with Crippen molar-refractivity contribution in [3.63, 3.8) is 0 Å². The van der Waals surface area contributed by atoms with E-state index in [0.29, 0.717) is 6.04 Å². The molecule has 1 N–H and O–H groups in total. The highest BCUT2D eigenvalue weighted by atomic mass is 32.1. The first-order valence-electron chi connectivity index (χ1n) is 6.21. The van der Waals surface area contributed by atoms with Gasteiger partial charge in [0.15, 0.2) is 0 Å². The Morgan fingerprint density at radius 3 is 2.75 bits per heavy atom. The van der Waals surface area contributed by atoms with Gasteiger partial charge in [0.05, 0.1) is 0 Å². The van der Waals surface area contributed by atoms with Crippen LogP contribution in [0.3, 0.4) is 0 Å². The Balaban J connectivity index is 2.03. The molecule has 0 spiro atoms. The molecule has 0 bridgehead atoms. The van der Waals surface area contributed by atoms with Crippen molar-refractivity contribution in [1.29, 1.82) is 0 Å². The number of hydrogen-bond donors (Lipinski definition) is 1. The summed E-state index contributed by atoms with van der Waals surface area (Å²) in [5.74, 6) is 0. The van der Waals surface area contributed by atoms with E-state index in [4.69, 9.17) is 0 Å². The van der Waals surface area contributed by atoms with Crippen LogP contribution in [0.5, 0.6) is 0 Å². The fourth-order valence-corrected chi connectivity index (χ4v) is 2.50. The minimum absolute atomic E-state index is 0.657. The van der Waals surface area contributed by atoms with Crippen LogP contribution < -0.4 is 5.32 Å². The van der Waals surface area contributed by atoms with Gasteiger partial charge in [-0.05, 0) is 38.3 Å². The van der Waals surface area contributed by atoms with E-state index in [1.807, 2.05) is 11.3 Å². The van der Waals surface area contributed by atoms with Gasteiger partial charge < -0.3 is 5.32 Å². The first-order valence-corrected chi connectivity index (χ1v) is 7.09. The van der Waals surface area contributed by atoms with Crippen molar-refractivity contribution in [3.05, 3.63) is 22.4 Å². The summed E-state index contributed by atoms with van der Waals surface area (Å²) < 4.78 is 0. The van der Waals surface area contributed by atoms with Crippen LogP contribution in [0.15, 0.2) is 17.5 Å². The molecule has 1 aromatic rings. The van der Waals surface area contributed by atoms with Crippen LogP contribution in [-0.4, -0.2) is 37.1 Å². The molecule has 0 aliphatic carbocycles. The summed E-state index contributed by atoms with van der Waals surface area (Å²) in [6.07, 6.45) is 1.16. The predicted octanol–water partition coefficient (Wildman–Crippen LogP) is 2.61. The van der Waals surface area contributed by atoms with E-state index < -0.39 is 0 Å². The van der Waals surface area contributed by atoms with Gasteiger partial charge in [0, 0.05) is 30.6 Å². The summed E-state index contributed by atoms with van der Waals surface area (Å²) in [7, 11) is 0. The van der Waals surface area contributed by atoms with Crippen molar-refractivity contribution >= 4 is 11.3 Å². The molecule has 16 heavy (non-hydrogen) atoms. The standard InChI is InChI=1S/C13H24N2S/c1-4-15(12(2)3)10-9-14-8-7-13-6-5-11-16-13/h5-6,11-12,14H,4,7-10H2,1-3H3. The van der Waals surface area contributed by atoms with E-state index in [2.05, 4.69) is 48.5 Å². The second-order valence-corrected chi connectivity index (χ2v) is 5.33. The van der Waals surface area contributed by atoms with Gasteiger partial charge in [0.2, 0.25) is 0 Å². The molecule has 2 nitrogen and oxygen atoms in total. The predicted molar refractivity (Wildman–Crippen MR) is 73.3 cm³/mol. The van der Waals surface area contributed by atoms with Crippen molar-refractivity contribution in [1.82, 2.24) is 10.2 Å². The SMILES string of the molecule is CCN(CCNCCc1cccs1)C(C)C. The first kappa shape index (κ1) is 13.7. The molecule has 0 aliphatic rings. The molecule has 0 radical (unpaired) electrons. The van der Waals surface area contributed by atoms with Crippen LogP contribution in [-0.2, 0) is 6.42 Å². The Kier molecular flexibility index (Phi) is 6.69. The minimum Gasteiger partial charge on any atom is -0.315 e. The molecule has 0 aliphatic heterocycles. The van der Waals surface area contributed by atoms with E-state index >= 15 is 0 Å². The van der Waals surface area contributed by atoms with Crippen molar-refractivity contribution in [2.24, 2.45) is 0 Å². The van der Waals surface area contributed by atoms with Crippen LogP contribution in [0.4, 0.5) is 0 Å². The summed E-state index contributed by atoms with van der Waals surface area (Å²) in [6.45, 7) is 11.2. The van der Waals surface area contributed by atoms with E-state index in [-0.39, 0.29) is 0 Å². The van der Waals surface area contributed by atoms with Gasteiger partial charge in [-0.25, -0.2) is 0 Å². The Labute approximate surface area is 104 Å². The average Bonchev–Trinajstić information content (AvgIpc) is 2.75. The molecule has 3 heteroatoms. The number of hydrogen-bond acceptors (Lipinski definition) is 3. The average molecular weight is 240 g/mol. The molecule has 0 fully saturated rings. The molecule has 0 atom stereocenters. The van der Waals surface area contributed by atoms with Crippen LogP contribution in [0.25, 0.3) is 0 Å². The first-order chi connectivity index (χ1) is 7.74. The van der Waals surface area contributed by atoms with Gasteiger partial charge in [0.1, 0.15) is 0 Å². The highest BCUT2D eigenvalue weighted by Crippen LogP contribution is 2.07. The second-order valence-electron chi connectivity index (χ2n) is 4.30. The van der Waals surface area contributed by atoms with E-state index in [9.17, 15) is 0 Å². The lowest BCUT2D eigenvalue weighted by Gasteiger charge is -2.24. The maximum atomic E-state index is 3.51. The van der Waals surface area contributed by atoms with Crippen molar-refractivity contribution in [3.8, 4) is 0 Å². The molecule has 0 amide bonds. The third kappa shape index (κ3) is 5.10. The quantitative estimate of drug-likeness (QED) is 0.703. The number of thiophene rings is 1. The molecular formula is C13H24N2S. The van der Waals surface area contributed by atoms with Gasteiger partial charge in [-0.1, -0.05) is 13.0 Å². The summed E-state index contributed by atoms with van der Waals surface area (Å²) in [5, 5.41) is 5.65. The summed E-state index contributed by atoms with van der Waals surface area (Å²) in [5.41, 5.74) is 0. The lowest BCUT2D eigenvalue weighted by Crippen LogP contribution is -2.37. The molecule has 0 saturated carbocycles. The molecule has 1 aromatic heterocycles. The summed E-state index contributed by atoms with van der Waals surface area (Å²) in [4.78, 5) is 3.96. The molecule has 0 aromatic carbocycles. The van der Waals surface area contributed by atoms with Gasteiger partial charge in [0.25, 0.3) is 0 Å². The fraction of sp³-hybridized carbons (Fsp3) is 0.692. The Morgan fingerprint density at radius 2 is 2.19 bits per heavy atom. The third-order valence-corrected chi connectivity index (χ3v) is 3.78. The smallest absolute Gasteiger partial charge is 0.0109 e. The summed E-state index contributed by atoms with van der Waals surface area (Å²) in [6, 6.07) is 4.99. The van der Waals surface area contributed by atoms with Gasteiger partial charge in [-0.2, -0.15) is 0 Å². The molecule has 1 rings (SSSR count). The Bertz CT molecular complexity index is 257. The molecule has 92 valence electrons. The van der Waals surface area contributed by atoms with Crippen LogP contribution in [0.1, 0.15) is 25.6 Å². The zero-order valence-corrected chi connectivity index (χ0v) is 11.5. The minimum atomic E-state index is 0.657. The van der Waals surface area contributed by atoms with Crippen LogP contribution in [0.2, 0.25) is 0 Å². The van der Waals surface area contributed by atoms with Gasteiger partial charge in [-0.15, -0.1) is 11.3 Å². The molecule has 0 unspecified atom stereocenters. The van der Waals surface area contributed by atoms with Gasteiger partial charge in [-0.3, -0.25) is 4.90 Å². The number of rotatable bonds is 8. The van der Waals surface area contributed by atoms with Gasteiger partial charge >= 0.3 is 0 Å². The number of nitrogens with zero attached hydrogens (tertiary/aromatic N) is 1. The van der Waals surface area contributed by atoms with Crippen LogP contribution >= 0.6 is 11.3 Å². The largest absolute Gasteiger partial charge is 0.315 e. The highest BCUT2D eigenvalue weighted by Gasteiger charge is 2.05. The zero-order valence-electron chi connectivity index (χ0n) is 10.7. The van der Waals surface area contributed by atoms with Crippen molar-refractivity contribution in [2.45, 2.75) is 33.2 Å². The zero-order chi connectivity index (χ0) is 11.8. The molecular weight excluding hydrogens is 216 g/mol. The lowest BCUT2D eigenvalue weighted by atomic mass is 10.3. The summed E-state index contributed by atoms with van der Waals surface area (Å²) >= 11 is 1.85. The fourth-order valence-electron chi connectivity index (χ4n) is 1.80. The van der Waals surface area contributed by atoms with Crippen molar-refractivity contribution < 1.29 is 0 Å². The topological polar surface area (TPSA) is 15.3 Å². The van der Waals surface area contributed by atoms with Crippen molar-refractivity contribution in [2.75, 3.05) is 26.2 Å². The van der Waals surface area contributed by atoms with Crippen LogP contribution in [0, 0.1) is 0 Å². The Hall–Kier alpha value is -0.380. The number of likely N-dealkylation sites (N-methyl/N-ethyl adjacent to an activating group) is 1. The maximum Gasteiger partial charge on any atom is 0.0109 e.